The molecule has 1 aromatic carbocycles. The molecule has 0 unspecified atom stereocenters. The lowest BCUT2D eigenvalue weighted by molar-refractivity contribution is -0.141. The number of nitrogens with two attached hydrogens (primary N) is 1. The first-order valence-corrected chi connectivity index (χ1v) is 7.51. The van der Waals surface area contributed by atoms with Crippen molar-refractivity contribution in [2.75, 3.05) is 13.1 Å². The molecule has 2 amide bonds. The summed E-state index contributed by atoms with van der Waals surface area (Å²) in [4.78, 5) is 25.3. The zero-order chi connectivity index (χ0) is 16.1. The minimum atomic E-state index is -0.601. The van der Waals surface area contributed by atoms with Crippen LogP contribution < -0.4 is 10.5 Å². The molecular formula is C16H21FN2O3. The van der Waals surface area contributed by atoms with Crippen LogP contribution in [0.2, 0.25) is 0 Å². The molecule has 0 spiro atoms. The number of carbonyl (C=O) groups excluding carboxylic acids is 2. The fourth-order valence-electron chi connectivity index (χ4n) is 2.57. The number of likely N-dealkylation sites (tertiary alicyclic amines) is 1. The molecule has 1 aliphatic rings. The van der Waals surface area contributed by atoms with Crippen LogP contribution in [0.1, 0.15) is 26.2 Å². The Kier molecular flexibility index (Phi) is 5.35. The lowest BCUT2D eigenvalue weighted by atomic mass is 9.96. The number of piperidine rings is 1. The Morgan fingerprint density at radius 1 is 1.32 bits per heavy atom. The number of hydrogen-bond acceptors (Lipinski definition) is 3. The van der Waals surface area contributed by atoms with Gasteiger partial charge >= 0.3 is 0 Å². The van der Waals surface area contributed by atoms with E-state index in [2.05, 4.69) is 0 Å². The zero-order valence-electron chi connectivity index (χ0n) is 12.6. The minimum absolute atomic E-state index is 0.102. The maximum Gasteiger partial charge on any atom is 0.263 e. The number of benzene rings is 1. The summed E-state index contributed by atoms with van der Waals surface area (Å²) in [6.45, 7) is 2.88. The summed E-state index contributed by atoms with van der Waals surface area (Å²) < 4.78 is 18.5. The van der Waals surface area contributed by atoms with E-state index in [4.69, 9.17) is 10.5 Å². The van der Waals surface area contributed by atoms with Crippen LogP contribution in [0.3, 0.4) is 0 Å². The van der Waals surface area contributed by atoms with Crippen LogP contribution in [0.25, 0.3) is 0 Å². The smallest absolute Gasteiger partial charge is 0.263 e. The number of ether oxygens (including phenoxy) is 1. The summed E-state index contributed by atoms with van der Waals surface area (Å²) >= 11 is 0. The van der Waals surface area contributed by atoms with E-state index in [1.165, 1.54) is 24.3 Å². The van der Waals surface area contributed by atoms with Gasteiger partial charge in [-0.2, -0.15) is 0 Å². The Bertz CT molecular complexity index is 525. The number of carbonyl (C=O) groups is 2. The van der Waals surface area contributed by atoms with Gasteiger partial charge in [0.1, 0.15) is 11.6 Å². The van der Waals surface area contributed by atoms with Gasteiger partial charge in [0.2, 0.25) is 5.91 Å². The lowest BCUT2D eigenvalue weighted by Crippen LogP contribution is -2.47. The summed E-state index contributed by atoms with van der Waals surface area (Å²) in [5, 5.41) is 0. The molecule has 0 aromatic heterocycles. The van der Waals surface area contributed by atoms with Crippen molar-refractivity contribution in [2.45, 2.75) is 32.3 Å². The van der Waals surface area contributed by atoms with E-state index < -0.39 is 6.10 Å². The van der Waals surface area contributed by atoms with Gasteiger partial charge in [-0.25, -0.2) is 4.39 Å². The number of nitrogens with zero attached hydrogens (tertiary/aromatic N) is 1. The van der Waals surface area contributed by atoms with E-state index in [1.54, 1.807) is 4.90 Å². The average Bonchev–Trinajstić information content (AvgIpc) is 2.53. The van der Waals surface area contributed by atoms with E-state index in [0.29, 0.717) is 38.1 Å². The Morgan fingerprint density at radius 3 is 2.41 bits per heavy atom. The highest BCUT2D eigenvalue weighted by Gasteiger charge is 2.30. The minimum Gasteiger partial charge on any atom is -0.481 e. The molecule has 120 valence electrons. The first-order chi connectivity index (χ1) is 10.5. The molecule has 1 atom stereocenters. The van der Waals surface area contributed by atoms with Crippen molar-refractivity contribution in [1.29, 1.82) is 0 Å². The van der Waals surface area contributed by atoms with Crippen molar-refractivity contribution in [1.82, 2.24) is 4.90 Å². The highest BCUT2D eigenvalue weighted by Crippen LogP contribution is 2.20. The molecule has 2 N–H and O–H groups in total. The molecule has 2 rings (SSSR count). The molecule has 5 nitrogen and oxygen atoms in total. The molecule has 1 aliphatic heterocycles. The van der Waals surface area contributed by atoms with Gasteiger partial charge in [-0.05, 0) is 43.5 Å². The third-order valence-electron chi connectivity index (χ3n) is 3.95. The van der Waals surface area contributed by atoms with Crippen molar-refractivity contribution in [2.24, 2.45) is 11.7 Å². The van der Waals surface area contributed by atoms with Crippen LogP contribution in [-0.2, 0) is 9.59 Å². The van der Waals surface area contributed by atoms with Gasteiger partial charge in [0.05, 0.1) is 0 Å². The van der Waals surface area contributed by atoms with Crippen molar-refractivity contribution in [3.8, 4) is 5.75 Å². The molecule has 22 heavy (non-hydrogen) atoms. The predicted molar refractivity (Wildman–Crippen MR) is 79.6 cm³/mol. The molecule has 6 heteroatoms. The second-order valence-electron chi connectivity index (χ2n) is 5.47. The Morgan fingerprint density at radius 2 is 1.91 bits per heavy atom. The van der Waals surface area contributed by atoms with Crippen molar-refractivity contribution >= 4 is 11.8 Å². The second kappa shape index (κ2) is 7.24. The van der Waals surface area contributed by atoms with Crippen LogP contribution in [0, 0.1) is 11.7 Å². The van der Waals surface area contributed by atoms with Gasteiger partial charge in [-0.3, -0.25) is 9.59 Å². The van der Waals surface area contributed by atoms with Crippen LogP contribution in [0.15, 0.2) is 24.3 Å². The van der Waals surface area contributed by atoms with Crippen LogP contribution in [0.4, 0.5) is 4.39 Å². The van der Waals surface area contributed by atoms with Crippen LogP contribution in [-0.4, -0.2) is 35.9 Å². The molecule has 1 fully saturated rings. The molecule has 0 saturated carbocycles. The lowest BCUT2D eigenvalue weighted by Gasteiger charge is -2.33. The molecule has 1 heterocycles. The van der Waals surface area contributed by atoms with Gasteiger partial charge in [0.15, 0.2) is 6.10 Å². The fraction of sp³-hybridized carbons (Fsp3) is 0.500. The number of primary amides is 1. The normalized spacial score (nSPS) is 17.1. The number of hydrogen-bond donors (Lipinski definition) is 1. The summed E-state index contributed by atoms with van der Waals surface area (Å²) in [5.74, 6) is -0.438. The zero-order valence-corrected chi connectivity index (χ0v) is 12.6. The van der Waals surface area contributed by atoms with Crippen molar-refractivity contribution < 1.29 is 18.7 Å². The van der Waals surface area contributed by atoms with Gasteiger partial charge in [-0.15, -0.1) is 0 Å². The highest BCUT2D eigenvalue weighted by molar-refractivity contribution is 5.82. The monoisotopic (exact) mass is 308 g/mol. The predicted octanol–water partition coefficient (Wildman–Crippen LogP) is 1.71. The fourth-order valence-corrected chi connectivity index (χ4v) is 2.57. The third-order valence-corrected chi connectivity index (χ3v) is 3.95. The largest absolute Gasteiger partial charge is 0.481 e. The quantitative estimate of drug-likeness (QED) is 0.900. The first-order valence-electron chi connectivity index (χ1n) is 7.51. The molecule has 0 bridgehead atoms. The van der Waals surface area contributed by atoms with E-state index in [1.807, 2.05) is 6.92 Å². The van der Waals surface area contributed by atoms with Crippen molar-refractivity contribution in [3.63, 3.8) is 0 Å². The van der Waals surface area contributed by atoms with Crippen molar-refractivity contribution in [3.05, 3.63) is 30.1 Å². The number of rotatable bonds is 5. The average molecular weight is 308 g/mol. The second-order valence-corrected chi connectivity index (χ2v) is 5.47. The van der Waals surface area contributed by atoms with Gasteiger partial charge in [0, 0.05) is 19.0 Å². The molecule has 0 aliphatic carbocycles. The molecule has 0 radical (unpaired) electrons. The Balaban J connectivity index is 1.94. The number of halogens is 1. The summed E-state index contributed by atoms with van der Waals surface area (Å²) in [7, 11) is 0. The Hall–Kier alpha value is -2.11. The maximum atomic E-state index is 12.9. The Labute approximate surface area is 129 Å². The summed E-state index contributed by atoms with van der Waals surface area (Å²) in [6.07, 6.45) is 1.10. The van der Waals surface area contributed by atoms with E-state index in [9.17, 15) is 14.0 Å². The van der Waals surface area contributed by atoms with E-state index in [0.717, 1.165) is 0 Å². The van der Waals surface area contributed by atoms with E-state index in [-0.39, 0.29) is 23.5 Å². The van der Waals surface area contributed by atoms with Crippen LogP contribution in [0.5, 0.6) is 5.75 Å². The number of amides is 2. The topological polar surface area (TPSA) is 72.6 Å². The SMILES string of the molecule is CC[C@H](Oc1ccc(F)cc1)C(=O)N1CCC(C(N)=O)CC1. The highest BCUT2D eigenvalue weighted by atomic mass is 19.1. The van der Waals surface area contributed by atoms with Gasteiger partial charge in [0.25, 0.3) is 5.91 Å². The molecule has 1 saturated heterocycles. The maximum absolute atomic E-state index is 12.9. The van der Waals surface area contributed by atoms with Gasteiger partial charge < -0.3 is 15.4 Å². The van der Waals surface area contributed by atoms with Crippen LogP contribution >= 0.6 is 0 Å². The first kappa shape index (κ1) is 16.3. The molecule has 1 aromatic rings. The summed E-state index contributed by atoms with van der Waals surface area (Å²) in [5.41, 5.74) is 5.29. The summed E-state index contributed by atoms with van der Waals surface area (Å²) in [6, 6.07) is 5.60. The third kappa shape index (κ3) is 3.96. The molecular weight excluding hydrogens is 287 g/mol. The standard InChI is InChI=1S/C16H21FN2O3/c1-2-14(22-13-5-3-12(17)4-6-13)16(21)19-9-7-11(8-10-19)15(18)20/h3-6,11,14H,2,7-10H2,1H3,(H2,18,20)/t14-/m0/s1. The van der Waals surface area contributed by atoms with Gasteiger partial charge in [-0.1, -0.05) is 6.92 Å². The van der Waals surface area contributed by atoms with E-state index >= 15 is 0 Å².